The summed E-state index contributed by atoms with van der Waals surface area (Å²) < 4.78 is 5.42. The number of hydrogen-bond acceptors (Lipinski definition) is 3. The van der Waals surface area contributed by atoms with E-state index in [0.717, 1.165) is 32.7 Å². The largest absolute Gasteiger partial charge is 0.381 e. The molecule has 2 N–H and O–H groups in total. The number of nitrogens with zero attached hydrogens (tertiary/aromatic N) is 1. The van der Waals surface area contributed by atoms with Gasteiger partial charge in [0.2, 0.25) is 5.91 Å². The van der Waals surface area contributed by atoms with Gasteiger partial charge in [0, 0.05) is 38.6 Å². The lowest BCUT2D eigenvalue weighted by Crippen LogP contribution is -2.43. The van der Waals surface area contributed by atoms with Gasteiger partial charge in [-0.15, -0.1) is 0 Å². The van der Waals surface area contributed by atoms with Crippen molar-refractivity contribution in [3.05, 3.63) is 0 Å². The fourth-order valence-corrected chi connectivity index (χ4v) is 2.37. The number of ether oxygens (including phenoxy) is 1. The molecule has 2 atom stereocenters. The quantitative estimate of drug-likeness (QED) is 0.670. The second-order valence-electron chi connectivity index (χ2n) is 4.22. The van der Waals surface area contributed by atoms with Gasteiger partial charge in [-0.05, 0) is 12.3 Å². The highest BCUT2D eigenvalue weighted by atomic mass is 16.5. The SMILES string of the molecule is NCCC(=O)N1CCC2COCC2C1. The maximum Gasteiger partial charge on any atom is 0.223 e. The van der Waals surface area contributed by atoms with Gasteiger partial charge in [-0.25, -0.2) is 0 Å². The maximum absolute atomic E-state index is 11.6. The van der Waals surface area contributed by atoms with Gasteiger partial charge in [0.25, 0.3) is 0 Å². The van der Waals surface area contributed by atoms with Crippen LogP contribution in [0.2, 0.25) is 0 Å². The van der Waals surface area contributed by atoms with Gasteiger partial charge in [-0.1, -0.05) is 0 Å². The molecule has 2 saturated heterocycles. The Morgan fingerprint density at radius 3 is 3.00 bits per heavy atom. The third-order valence-electron chi connectivity index (χ3n) is 3.27. The van der Waals surface area contributed by atoms with Crippen molar-refractivity contribution >= 4 is 5.91 Å². The van der Waals surface area contributed by atoms with Crippen LogP contribution in [0.1, 0.15) is 12.8 Å². The fourth-order valence-electron chi connectivity index (χ4n) is 2.37. The molecular formula is C10H18N2O2. The molecule has 0 spiro atoms. The Balaban J connectivity index is 1.87. The molecule has 2 aliphatic rings. The first-order valence-electron chi connectivity index (χ1n) is 5.37. The van der Waals surface area contributed by atoms with E-state index in [2.05, 4.69) is 0 Å². The molecule has 0 aromatic heterocycles. The van der Waals surface area contributed by atoms with Gasteiger partial charge in [0.15, 0.2) is 0 Å². The zero-order chi connectivity index (χ0) is 9.97. The number of likely N-dealkylation sites (tertiary alicyclic amines) is 1. The van der Waals surface area contributed by atoms with E-state index in [0.29, 0.717) is 24.8 Å². The third-order valence-corrected chi connectivity index (χ3v) is 3.27. The van der Waals surface area contributed by atoms with Crippen molar-refractivity contribution in [2.45, 2.75) is 12.8 Å². The molecule has 0 aliphatic carbocycles. The molecule has 2 aliphatic heterocycles. The normalized spacial score (nSPS) is 31.6. The van der Waals surface area contributed by atoms with Crippen molar-refractivity contribution in [2.75, 3.05) is 32.8 Å². The monoisotopic (exact) mass is 198 g/mol. The summed E-state index contributed by atoms with van der Waals surface area (Å²) in [4.78, 5) is 13.5. The molecule has 0 aromatic rings. The van der Waals surface area contributed by atoms with Crippen molar-refractivity contribution in [3.63, 3.8) is 0 Å². The van der Waals surface area contributed by atoms with E-state index in [-0.39, 0.29) is 5.91 Å². The van der Waals surface area contributed by atoms with E-state index in [4.69, 9.17) is 10.5 Å². The predicted octanol–water partition coefficient (Wildman–Crippen LogP) is -0.170. The summed E-state index contributed by atoms with van der Waals surface area (Å²) in [5.74, 6) is 1.47. The Labute approximate surface area is 84.4 Å². The first kappa shape index (κ1) is 9.93. The molecule has 0 bridgehead atoms. The van der Waals surface area contributed by atoms with Crippen molar-refractivity contribution in [2.24, 2.45) is 17.6 Å². The summed E-state index contributed by atoms with van der Waals surface area (Å²) in [5, 5.41) is 0. The minimum Gasteiger partial charge on any atom is -0.381 e. The Kier molecular flexibility index (Phi) is 3.03. The number of rotatable bonds is 2. The molecule has 14 heavy (non-hydrogen) atoms. The van der Waals surface area contributed by atoms with Crippen LogP contribution in [0, 0.1) is 11.8 Å². The van der Waals surface area contributed by atoms with Crippen molar-refractivity contribution in [3.8, 4) is 0 Å². The van der Waals surface area contributed by atoms with Crippen molar-refractivity contribution < 1.29 is 9.53 Å². The second kappa shape index (κ2) is 4.28. The Morgan fingerprint density at radius 1 is 1.43 bits per heavy atom. The average Bonchev–Trinajstić information content (AvgIpc) is 2.64. The number of nitrogens with two attached hydrogens (primary N) is 1. The summed E-state index contributed by atoms with van der Waals surface area (Å²) in [5.41, 5.74) is 5.37. The molecular weight excluding hydrogens is 180 g/mol. The summed E-state index contributed by atoms with van der Waals surface area (Å²) in [6, 6.07) is 0. The van der Waals surface area contributed by atoms with Gasteiger partial charge < -0.3 is 15.4 Å². The van der Waals surface area contributed by atoms with Gasteiger partial charge in [0.05, 0.1) is 6.61 Å². The maximum atomic E-state index is 11.6. The lowest BCUT2D eigenvalue weighted by molar-refractivity contribution is -0.133. The molecule has 2 rings (SSSR count). The first-order valence-corrected chi connectivity index (χ1v) is 5.37. The molecule has 1 amide bonds. The Hall–Kier alpha value is -0.610. The third kappa shape index (κ3) is 1.91. The topological polar surface area (TPSA) is 55.6 Å². The zero-order valence-corrected chi connectivity index (χ0v) is 8.45. The smallest absolute Gasteiger partial charge is 0.223 e. The number of fused-ring (bicyclic) bond motifs is 1. The van der Waals surface area contributed by atoms with Crippen LogP contribution >= 0.6 is 0 Å². The molecule has 2 unspecified atom stereocenters. The molecule has 0 aromatic carbocycles. The van der Waals surface area contributed by atoms with E-state index >= 15 is 0 Å². The summed E-state index contributed by atoms with van der Waals surface area (Å²) >= 11 is 0. The molecule has 0 radical (unpaired) electrons. The van der Waals surface area contributed by atoms with E-state index < -0.39 is 0 Å². The minimum atomic E-state index is 0.206. The molecule has 4 nitrogen and oxygen atoms in total. The first-order chi connectivity index (χ1) is 6.81. The van der Waals surface area contributed by atoms with E-state index in [1.807, 2.05) is 4.90 Å². The van der Waals surface area contributed by atoms with Crippen molar-refractivity contribution in [1.82, 2.24) is 4.90 Å². The van der Waals surface area contributed by atoms with Crippen LogP contribution < -0.4 is 5.73 Å². The van der Waals surface area contributed by atoms with Crippen LogP contribution in [0.25, 0.3) is 0 Å². The molecule has 4 heteroatoms. The Morgan fingerprint density at radius 2 is 2.21 bits per heavy atom. The number of amides is 1. The van der Waals surface area contributed by atoms with Gasteiger partial charge in [-0.2, -0.15) is 0 Å². The highest BCUT2D eigenvalue weighted by Gasteiger charge is 2.34. The number of piperidine rings is 1. The Bertz CT molecular complexity index is 220. The van der Waals surface area contributed by atoms with E-state index in [1.54, 1.807) is 0 Å². The molecule has 2 heterocycles. The predicted molar refractivity (Wildman–Crippen MR) is 52.7 cm³/mol. The summed E-state index contributed by atoms with van der Waals surface area (Å²) in [6.07, 6.45) is 1.58. The molecule has 2 fully saturated rings. The minimum absolute atomic E-state index is 0.206. The number of carbonyl (C=O) groups is 1. The van der Waals surface area contributed by atoms with Gasteiger partial charge >= 0.3 is 0 Å². The highest BCUT2D eigenvalue weighted by molar-refractivity contribution is 5.76. The number of carbonyl (C=O) groups excluding carboxylic acids is 1. The summed E-state index contributed by atoms with van der Waals surface area (Å²) in [6.45, 7) is 3.95. The van der Waals surface area contributed by atoms with Gasteiger partial charge in [0.1, 0.15) is 0 Å². The van der Waals surface area contributed by atoms with Crippen LogP contribution in [0.5, 0.6) is 0 Å². The standard InChI is InChI=1S/C10H18N2O2/c11-3-1-10(13)12-4-2-8-6-14-7-9(8)5-12/h8-9H,1-7,11H2. The van der Waals surface area contributed by atoms with Crippen LogP contribution in [0.3, 0.4) is 0 Å². The van der Waals surface area contributed by atoms with E-state index in [1.165, 1.54) is 0 Å². The van der Waals surface area contributed by atoms with Crippen LogP contribution in [0.4, 0.5) is 0 Å². The lowest BCUT2D eigenvalue weighted by Gasteiger charge is -2.33. The van der Waals surface area contributed by atoms with Crippen LogP contribution in [-0.4, -0.2) is 43.7 Å². The van der Waals surface area contributed by atoms with Crippen LogP contribution in [-0.2, 0) is 9.53 Å². The average molecular weight is 198 g/mol. The summed E-state index contributed by atoms with van der Waals surface area (Å²) in [7, 11) is 0. The highest BCUT2D eigenvalue weighted by Crippen LogP contribution is 2.29. The lowest BCUT2D eigenvalue weighted by atomic mass is 9.88. The number of hydrogen-bond donors (Lipinski definition) is 1. The molecule has 80 valence electrons. The van der Waals surface area contributed by atoms with Gasteiger partial charge in [-0.3, -0.25) is 4.79 Å². The second-order valence-corrected chi connectivity index (χ2v) is 4.22. The van der Waals surface area contributed by atoms with Crippen molar-refractivity contribution in [1.29, 1.82) is 0 Å². The van der Waals surface area contributed by atoms with Crippen LogP contribution in [0.15, 0.2) is 0 Å². The fraction of sp³-hybridized carbons (Fsp3) is 0.900. The zero-order valence-electron chi connectivity index (χ0n) is 8.45. The van der Waals surface area contributed by atoms with E-state index in [9.17, 15) is 4.79 Å². The molecule has 0 saturated carbocycles.